The maximum Gasteiger partial charge on any atom is 0.165 e. The molecule has 2 rings (SSSR count). The minimum Gasteiger partial charge on any atom is -0.489 e. The van der Waals surface area contributed by atoms with Gasteiger partial charge in [-0.25, -0.2) is 4.39 Å². The van der Waals surface area contributed by atoms with Gasteiger partial charge in [-0.05, 0) is 18.6 Å². The topological polar surface area (TPSA) is 24.9 Å². The van der Waals surface area contributed by atoms with E-state index in [4.69, 9.17) is 9.47 Å². The summed E-state index contributed by atoms with van der Waals surface area (Å²) in [5.74, 6) is 0.0478. The highest BCUT2D eigenvalue weighted by Crippen LogP contribution is 2.16. The largest absolute Gasteiger partial charge is 0.489 e. The Bertz CT molecular complexity index is 444. The molecule has 1 fully saturated rings. The summed E-state index contributed by atoms with van der Waals surface area (Å²) in [5.41, 5.74) is 0. The fourth-order valence-corrected chi connectivity index (χ4v) is 2.90. The predicted molar refractivity (Wildman–Crippen MR) is 85.9 cm³/mol. The van der Waals surface area contributed by atoms with Crippen molar-refractivity contribution in [2.24, 2.45) is 0 Å². The normalized spacial score (nSPS) is 20.2. The average Bonchev–Trinajstić information content (AvgIpc) is 2.55. The van der Waals surface area contributed by atoms with Gasteiger partial charge >= 0.3 is 0 Å². The Hall–Kier alpha value is -1.17. The molecule has 1 aromatic rings. The van der Waals surface area contributed by atoms with Crippen molar-refractivity contribution < 1.29 is 13.9 Å². The van der Waals surface area contributed by atoms with Crippen molar-refractivity contribution in [2.45, 2.75) is 19.4 Å². The van der Waals surface area contributed by atoms with Crippen molar-refractivity contribution >= 4 is 0 Å². The highest BCUT2D eigenvalue weighted by Gasteiger charge is 2.25. The van der Waals surface area contributed by atoms with Crippen molar-refractivity contribution in [3.63, 3.8) is 0 Å². The lowest BCUT2D eigenvalue weighted by molar-refractivity contribution is 0.0441. The maximum absolute atomic E-state index is 13.5. The summed E-state index contributed by atoms with van der Waals surface area (Å²) < 4.78 is 24.2. The number of methoxy groups -OCH3 is 1. The summed E-state index contributed by atoms with van der Waals surface area (Å²) in [5, 5.41) is 0. The van der Waals surface area contributed by atoms with Crippen LogP contribution in [0, 0.1) is 5.82 Å². The molecule has 0 saturated carbocycles. The molecule has 0 bridgehead atoms. The number of rotatable bonds is 8. The van der Waals surface area contributed by atoms with Gasteiger partial charge in [0.15, 0.2) is 11.6 Å². The van der Waals surface area contributed by atoms with E-state index in [1.54, 1.807) is 25.3 Å². The van der Waals surface area contributed by atoms with Crippen LogP contribution < -0.4 is 4.74 Å². The van der Waals surface area contributed by atoms with Gasteiger partial charge in [0.25, 0.3) is 0 Å². The van der Waals surface area contributed by atoms with Gasteiger partial charge < -0.3 is 9.47 Å². The van der Waals surface area contributed by atoms with E-state index < -0.39 is 0 Å². The molecule has 0 radical (unpaired) electrons. The van der Waals surface area contributed by atoms with Crippen LogP contribution in [0.25, 0.3) is 0 Å². The number of hydrogen-bond acceptors (Lipinski definition) is 4. The first kappa shape index (κ1) is 17.2. The third-order valence-electron chi connectivity index (χ3n) is 4.24. The first-order chi connectivity index (χ1) is 10.7. The average molecular weight is 310 g/mol. The van der Waals surface area contributed by atoms with Gasteiger partial charge in [-0.3, -0.25) is 9.80 Å². The van der Waals surface area contributed by atoms with Crippen LogP contribution in [-0.2, 0) is 4.74 Å². The SMILES string of the molecule is CCC1CN(CCOc2ccccc2F)CCN1CCOC. The maximum atomic E-state index is 13.5. The molecule has 0 amide bonds. The predicted octanol–water partition coefficient (Wildman–Crippen LogP) is 2.25. The zero-order valence-corrected chi connectivity index (χ0v) is 13.6. The van der Waals surface area contributed by atoms with Crippen LogP contribution in [0.3, 0.4) is 0 Å². The fourth-order valence-electron chi connectivity index (χ4n) is 2.90. The second-order valence-electron chi connectivity index (χ2n) is 5.67. The Morgan fingerprint density at radius 2 is 2.00 bits per heavy atom. The molecule has 1 heterocycles. The van der Waals surface area contributed by atoms with E-state index in [0.29, 0.717) is 18.4 Å². The quantitative estimate of drug-likeness (QED) is 0.735. The molecule has 0 aromatic heterocycles. The van der Waals surface area contributed by atoms with Crippen LogP contribution in [0.1, 0.15) is 13.3 Å². The van der Waals surface area contributed by atoms with Crippen LogP contribution in [0.2, 0.25) is 0 Å². The molecule has 5 heteroatoms. The van der Waals surface area contributed by atoms with Crippen LogP contribution >= 0.6 is 0 Å². The molecule has 0 spiro atoms. The van der Waals surface area contributed by atoms with Gasteiger partial charge in [-0.1, -0.05) is 19.1 Å². The van der Waals surface area contributed by atoms with E-state index in [-0.39, 0.29) is 5.82 Å². The first-order valence-electron chi connectivity index (χ1n) is 8.07. The molecule has 1 atom stereocenters. The number of piperazine rings is 1. The standard InChI is InChI=1S/C17H27FN2O2/c1-3-15-14-19(8-9-20(15)11-12-21-2)10-13-22-17-7-5-4-6-16(17)18/h4-7,15H,3,8-14H2,1-2H3. The lowest BCUT2D eigenvalue weighted by Crippen LogP contribution is -2.54. The second kappa shape index (κ2) is 9.08. The van der Waals surface area contributed by atoms with Crippen molar-refractivity contribution in [3.05, 3.63) is 30.1 Å². The molecular formula is C17H27FN2O2. The van der Waals surface area contributed by atoms with Crippen molar-refractivity contribution in [1.29, 1.82) is 0 Å². The summed E-state index contributed by atoms with van der Waals surface area (Å²) in [6, 6.07) is 7.13. The van der Waals surface area contributed by atoms with Crippen molar-refractivity contribution in [2.75, 3.05) is 53.0 Å². The van der Waals surface area contributed by atoms with Crippen molar-refractivity contribution in [1.82, 2.24) is 9.80 Å². The zero-order chi connectivity index (χ0) is 15.8. The molecule has 0 aliphatic carbocycles. The minimum absolute atomic E-state index is 0.293. The number of benzene rings is 1. The fraction of sp³-hybridized carbons (Fsp3) is 0.647. The molecule has 22 heavy (non-hydrogen) atoms. The highest BCUT2D eigenvalue weighted by atomic mass is 19.1. The van der Waals surface area contributed by atoms with Gasteiger partial charge in [0.2, 0.25) is 0 Å². The summed E-state index contributed by atoms with van der Waals surface area (Å²) in [6.45, 7) is 8.49. The van der Waals surface area contributed by atoms with E-state index in [0.717, 1.165) is 45.8 Å². The Morgan fingerprint density at radius 3 is 2.73 bits per heavy atom. The zero-order valence-electron chi connectivity index (χ0n) is 13.6. The Morgan fingerprint density at radius 1 is 1.18 bits per heavy atom. The Balaban J connectivity index is 1.74. The molecule has 1 unspecified atom stereocenters. The number of hydrogen-bond donors (Lipinski definition) is 0. The van der Waals surface area contributed by atoms with Crippen LogP contribution in [0.5, 0.6) is 5.75 Å². The minimum atomic E-state index is -0.293. The lowest BCUT2D eigenvalue weighted by atomic mass is 10.1. The van der Waals surface area contributed by atoms with E-state index in [1.807, 2.05) is 0 Å². The van der Waals surface area contributed by atoms with Gasteiger partial charge in [-0.2, -0.15) is 0 Å². The lowest BCUT2D eigenvalue weighted by Gasteiger charge is -2.41. The van der Waals surface area contributed by atoms with Gasteiger partial charge in [0.05, 0.1) is 6.61 Å². The Labute approximate surface area is 132 Å². The molecule has 1 aromatic carbocycles. The highest BCUT2D eigenvalue weighted by molar-refractivity contribution is 5.23. The molecular weight excluding hydrogens is 283 g/mol. The molecule has 0 N–H and O–H groups in total. The number of ether oxygens (including phenoxy) is 2. The monoisotopic (exact) mass is 310 g/mol. The molecule has 4 nitrogen and oxygen atoms in total. The molecule has 1 aliphatic heterocycles. The van der Waals surface area contributed by atoms with Crippen LogP contribution in [-0.4, -0.2) is 68.9 Å². The van der Waals surface area contributed by atoms with E-state index >= 15 is 0 Å². The Kier molecular flexibility index (Phi) is 7.09. The number of nitrogens with zero attached hydrogens (tertiary/aromatic N) is 2. The summed E-state index contributed by atoms with van der Waals surface area (Å²) in [7, 11) is 1.75. The third kappa shape index (κ3) is 4.93. The molecule has 1 saturated heterocycles. The number of halogens is 1. The van der Waals surface area contributed by atoms with Gasteiger partial charge in [-0.15, -0.1) is 0 Å². The van der Waals surface area contributed by atoms with E-state index in [9.17, 15) is 4.39 Å². The number of para-hydroxylation sites is 1. The molecule has 124 valence electrons. The first-order valence-corrected chi connectivity index (χ1v) is 8.07. The van der Waals surface area contributed by atoms with Crippen LogP contribution in [0.15, 0.2) is 24.3 Å². The van der Waals surface area contributed by atoms with E-state index in [1.165, 1.54) is 6.07 Å². The van der Waals surface area contributed by atoms with Crippen LogP contribution in [0.4, 0.5) is 4.39 Å². The smallest absolute Gasteiger partial charge is 0.165 e. The van der Waals surface area contributed by atoms with Gasteiger partial charge in [0, 0.05) is 45.9 Å². The second-order valence-corrected chi connectivity index (χ2v) is 5.67. The van der Waals surface area contributed by atoms with Gasteiger partial charge in [0.1, 0.15) is 6.61 Å². The van der Waals surface area contributed by atoms with E-state index in [2.05, 4.69) is 16.7 Å². The van der Waals surface area contributed by atoms with Crippen molar-refractivity contribution in [3.8, 4) is 5.75 Å². The molecule has 1 aliphatic rings. The summed E-state index contributed by atoms with van der Waals surface area (Å²) in [4.78, 5) is 4.90. The third-order valence-corrected chi connectivity index (χ3v) is 4.24. The summed E-state index contributed by atoms with van der Waals surface area (Å²) >= 11 is 0. The summed E-state index contributed by atoms with van der Waals surface area (Å²) in [6.07, 6.45) is 1.13.